The van der Waals surface area contributed by atoms with Gasteiger partial charge < -0.3 is 5.32 Å². The smallest absolute Gasteiger partial charge is 0.0995 e. The Balaban J connectivity index is 1.95. The van der Waals surface area contributed by atoms with E-state index in [1.165, 1.54) is 11.1 Å². The van der Waals surface area contributed by atoms with Crippen molar-refractivity contribution in [2.24, 2.45) is 0 Å². The predicted octanol–water partition coefficient (Wildman–Crippen LogP) is 3.22. The SMILES string of the molecule is Cc1cscc1CNCc1ccccc1C#N. The molecule has 0 unspecified atom stereocenters. The molecule has 0 fully saturated rings. The van der Waals surface area contributed by atoms with Gasteiger partial charge in [-0.2, -0.15) is 16.6 Å². The van der Waals surface area contributed by atoms with Crippen LogP contribution in [0.4, 0.5) is 0 Å². The fraction of sp³-hybridized carbons (Fsp3) is 0.214. The molecule has 2 aromatic rings. The molecule has 0 aliphatic rings. The van der Waals surface area contributed by atoms with E-state index in [9.17, 15) is 0 Å². The van der Waals surface area contributed by atoms with Gasteiger partial charge in [0.1, 0.15) is 0 Å². The summed E-state index contributed by atoms with van der Waals surface area (Å²) in [4.78, 5) is 0. The Morgan fingerprint density at radius 2 is 1.94 bits per heavy atom. The van der Waals surface area contributed by atoms with Crippen LogP contribution in [0.1, 0.15) is 22.3 Å². The molecular weight excluding hydrogens is 228 g/mol. The van der Waals surface area contributed by atoms with Gasteiger partial charge in [-0.25, -0.2) is 0 Å². The highest BCUT2D eigenvalue weighted by Gasteiger charge is 2.01. The van der Waals surface area contributed by atoms with Crippen molar-refractivity contribution in [3.05, 3.63) is 57.3 Å². The Kier molecular flexibility index (Phi) is 3.92. The average Bonchev–Trinajstić information content (AvgIpc) is 2.76. The highest BCUT2D eigenvalue weighted by molar-refractivity contribution is 7.08. The van der Waals surface area contributed by atoms with Gasteiger partial charge >= 0.3 is 0 Å². The molecule has 86 valence electrons. The molecule has 0 aliphatic heterocycles. The van der Waals surface area contributed by atoms with Gasteiger partial charge in [0.15, 0.2) is 0 Å². The number of nitrogens with zero attached hydrogens (tertiary/aromatic N) is 1. The van der Waals surface area contributed by atoms with Gasteiger partial charge in [-0.15, -0.1) is 0 Å². The van der Waals surface area contributed by atoms with Crippen molar-refractivity contribution in [2.75, 3.05) is 0 Å². The topological polar surface area (TPSA) is 35.8 Å². The summed E-state index contributed by atoms with van der Waals surface area (Å²) in [6, 6.07) is 9.92. The summed E-state index contributed by atoms with van der Waals surface area (Å²) in [5.74, 6) is 0. The molecule has 0 spiro atoms. The minimum absolute atomic E-state index is 0.735. The van der Waals surface area contributed by atoms with E-state index in [-0.39, 0.29) is 0 Å². The molecule has 2 rings (SSSR count). The summed E-state index contributed by atoms with van der Waals surface area (Å²) in [5, 5.41) is 16.7. The van der Waals surface area contributed by atoms with E-state index in [1.807, 2.05) is 24.3 Å². The van der Waals surface area contributed by atoms with Crippen LogP contribution in [0.2, 0.25) is 0 Å². The summed E-state index contributed by atoms with van der Waals surface area (Å²) in [6.07, 6.45) is 0. The predicted molar refractivity (Wildman–Crippen MR) is 70.8 cm³/mol. The Morgan fingerprint density at radius 1 is 1.18 bits per heavy atom. The molecule has 1 aromatic heterocycles. The van der Waals surface area contributed by atoms with Crippen LogP contribution in [-0.2, 0) is 13.1 Å². The van der Waals surface area contributed by atoms with Gasteiger partial charge in [-0.3, -0.25) is 0 Å². The number of nitrogens with one attached hydrogen (secondary N) is 1. The van der Waals surface area contributed by atoms with Crippen molar-refractivity contribution in [3.8, 4) is 6.07 Å². The molecule has 3 heteroatoms. The van der Waals surface area contributed by atoms with Crippen molar-refractivity contribution < 1.29 is 0 Å². The number of hydrogen-bond acceptors (Lipinski definition) is 3. The molecule has 0 aliphatic carbocycles. The molecule has 0 bridgehead atoms. The third kappa shape index (κ3) is 2.94. The second kappa shape index (κ2) is 5.62. The fourth-order valence-electron chi connectivity index (χ4n) is 1.68. The van der Waals surface area contributed by atoms with Crippen LogP contribution < -0.4 is 5.32 Å². The summed E-state index contributed by atoms with van der Waals surface area (Å²) in [5.41, 5.74) is 4.48. The first-order valence-corrected chi connectivity index (χ1v) is 6.46. The van der Waals surface area contributed by atoms with Crippen molar-refractivity contribution in [1.29, 1.82) is 5.26 Å². The average molecular weight is 242 g/mol. The van der Waals surface area contributed by atoms with Gasteiger partial charge in [0.2, 0.25) is 0 Å². The number of thiophene rings is 1. The van der Waals surface area contributed by atoms with Crippen LogP contribution in [0.15, 0.2) is 35.0 Å². The molecular formula is C14H14N2S. The third-order valence-electron chi connectivity index (χ3n) is 2.73. The zero-order valence-corrected chi connectivity index (χ0v) is 10.6. The fourth-order valence-corrected chi connectivity index (χ4v) is 2.54. The van der Waals surface area contributed by atoms with Crippen LogP contribution in [0.3, 0.4) is 0 Å². The Bertz CT molecular complexity index is 537. The first-order chi connectivity index (χ1) is 8.31. The molecule has 0 saturated carbocycles. The molecule has 1 heterocycles. The van der Waals surface area contributed by atoms with Crippen LogP contribution in [0.25, 0.3) is 0 Å². The van der Waals surface area contributed by atoms with E-state index >= 15 is 0 Å². The number of hydrogen-bond donors (Lipinski definition) is 1. The monoisotopic (exact) mass is 242 g/mol. The minimum Gasteiger partial charge on any atom is -0.309 e. The molecule has 2 nitrogen and oxygen atoms in total. The standard InChI is InChI=1S/C14H14N2S/c1-11-9-17-10-14(11)8-16-7-13-5-3-2-4-12(13)6-15/h2-5,9-10,16H,7-8H2,1H3. The van der Waals surface area contributed by atoms with Crippen molar-refractivity contribution >= 4 is 11.3 Å². The largest absolute Gasteiger partial charge is 0.309 e. The lowest BCUT2D eigenvalue weighted by molar-refractivity contribution is 0.691. The summed E-state index contributed by atoms with van der Waals surface area (Å²) < 4.78 is 0. The number of benzene rings is 1. The first-order valence-electron chi connectivity index (χ1n) is 5.51. The van der Waals surface area contributed by atoms with Gasteiger partial charge in [-0.05, 0) is 40.4 Å². The summed E-state index contributed by atoms with van der Waals surface area (Å²) in [6.45, 7) is 3.71. The van der Waals surface area contributed by atoms with Crippen LogP contribution in [-0.4, -0.2) is 0 Å². The highest BCUT2D eigenvalue weighted by Crippen LogP contribution is 2.13. The molecule has 1 aromatic carbocycles. The highest BCUT2D eigenvalue weighted by atomic mass is 32.1. The third-order valence-corrected chi connectivity index (χ3v) is 3.64. The van der Waals surface area contributed by atoms with E-state index in [1.54, 1.807) is 11.3 Å². The maximum Gasteiger partial charge on any atom is 0.0995 e. The molecule has 1 N–H and O–H groups in total. The summed E-state index contributed by atoms with van der Waals surface area (Å²) in [7, 11) is 0. The number of aryl methyl sites for hydroxylation is 1. The normalized spacial score (nSPS) is 10.1. The van der Waals surface area contributed by atoms with Gasteiger partial charge in [0.05, 0.1) is 11.6 Å². The lowest BCUT2D eigenvalue weighted by Crippen LogP contribution is -2.13. The second-order valence-corrected chi connectivity index (χ2v) is 4.70. The van der Waals surface area contributed by atoms with E-state index in [4.69, 9.17) is 5.26 Å². The van der Waals surface area contributed by atoms with Gasteiger partial charge in [-0.1, -0.05) is 18.2 Å². The van der Waals surface area contributed by atoms with Crippen LogP contribution >= 0.6 is 11.3 Å². The van der Waals surface area contributed by atoms with E-state index in [0.29, 0.717) is 0 Å². The van der Waals surface area contributed by atoms with E-state index < -0.39 is 0 Å². The summed E-state index contributed by atoms with van der Waals surface area (Å²) >= 11 is 1.73. The van der Waals surface area contributed by atoms with Crippen LogP contribution in [0.5, 0.6) is 0 Å². The number of nitriles is 1. The van der Waals surface area contributed by atoms with Crippen molar-refractivity contribution in [1.82, 2.24) is 5.32 Å². The maximum absolute atomic E-state index is 8.97. The lowest BCUT2D eigenvalue weighted by atomic mass is 10.1. The van der Waals surface area contributed by atoms with Crippen LogP contribution in [0, 0.1) is 18.3 Å². The maximum atomic E-state index is 8.97. The molecule has 17 heavy (non-hydrogen) atoms. The molecule has 0 amide bonds. The molecule has 0 radical (unpaired) electrons. The Hall–Kier alpha value is -1.63. The minimum atomic E-state index is 0.735. The van der Waals surface area contributed by atoms with E-state index in [0.717, 1.165) is 24.2 Å². The second-order valence-electron chi connectivity index (χ2n) is 3.95. The first kappa shape index (κ1) is 11.8. The number of rotatable bonds is 4. The Labute approximate surface area is 106 Å². The van der Waals surface area contributed by atoms with Gasteiger partial charge in [0.25, 0.3) is 0 Å². The van der Waals surface area contributed by atoms with Gasteiger partial charge in [0, 0.05) is 13.1 Å². The zero-order valence-electron chi connectivity index (χ0n) is 9.73. The van der Waals surface area contributed by atoms with E-state index in [2.05, 4.69) is 29.1 Å². The molecule has 0 saturated heterocycles. The van der Waals surface area contributed by atoms with Crippen molar-refractivity contribution in [3.63, 3.8) is 0 Å². The molecule has 0 atom stereocenters. The zero-order chi connectivity index (χ0) is 12.1. The van der Waals surface area contributed by atoms with Crippen molar-refractivity contribution in [2.45, 2.75) is 20.0 Å². The quantitative estimate of drug-likeness (QED) is 0.893. The Morgan fingerprint density at radius 3 is 2.65 bits per heavy atom. The lowest BCUT2D eigenvalue weighted by Gasteiger charge is -2.06.